The molecule has 0 saturated heterocycles. The summed E-state index contributed by atoms with van der Waals surface area (Å²) >= 11 is 0. The number of aromatic nitrogens is 1. The molecular formula is C25H21NO4S. The van der Waals surface area contributed by atoms with E-state index in [1.54, 1.807) is 26.4 Å². The number of para-hydroxylation sites is 1. The molecule has 0 atom stereocenters. The van der Waals surface area contributed by atoms with Gasteiger partial charge in [0.25, 0.3) is 10.0 Å². The Morgan fingerprint density at radius 2 is 1.32 bits per heavy atom. The molecule has 156 valence electrons. The standard InChI is InChI=1S/C25H21NO4S/c1-16-8-10-19(11-9-16)31(27,28)26-22-7-5-4-6-20(22)21-12-17-14-24(29-2)25(30-3)15-18(17)13-23(21)26/h4-15H,1-3H3. The van der Waals surface area contributed by atoms with Crippen molar-refractivity contribution in [1.82, 2.24) is 3.97 Å². The summed E-state index contributed by atoms with van der Waals surface area (Å²) in [4.78, 5) is 0.258. The van der Waals surface area contributed by atoms with Gasteiger partial charge in [0.2, 0.25) is 0 Å². The molecular weight excluding hydrogens is 410 g/mol. The van der Waals surface area contributed by atoms with Crippen molar-refractivity contribution in [3.05, 3.63) is 78.4 Å². The van der Waals surface area contributed by atoms with Gasteiger partial charge in [-0.15, -0.1) is 0 Å². The van der Waals surface area contributed by atoms with E-state index in [1.807, 2.05) is 67.6 Å². The molecule has 5 rings (SSSR count). The summed E-state index contributed by atoms with van der Waals surface area (Å²) < 4.78 is 39.8. The molecule has 0 aliphatic carbocycles. The molecule has 0 aliphatic heterocycles. The Hall–Kier alpha value is -3.51. The van der Waals surface area contributed by atoms with Crippen LogP contribution in [0, 0.1) is 6.92 Å². The highest BCUT2D eigenvalue weighted by molar-refractivity contribution is 7.90. The van der Waals surface area contributed by atoms with Gasteiger partial charge in [-0.1, -0.05) is 35.9 Å². The SMILES string of the molecule is COc1cc2cc3c4ccccc4n(S(=O)(=O)c4ccc(C)cc4)c3cc2cc1OC. The average molecular weight is 432 g/mol. The first-order chi connectivity index (χ1) is 14.9. The number of hydrogen-bond donors (Lipinski definition) is 0. The molecule has 0 aliphatic rings. The van der Waals surface area contributed by atoms with Crippen molar-refractivity contribution in [3.63, 3.8) is 0 Å². The summed E-state index contributed by atoms with van der Waals surface area (Å²) in [6, 6.07) is 22.2. The summed E-state index contributed by atoms with van der Waals surface area (Å²) in [5, 5.41) is 3.56. The summed E-state index contributed by atoms with van der Waals surface area (Å²) in [7, 11) is -0.618. The number of rotatable bonds is 4. The fourth-order valence-electron chi connectivity index (χ4n) is 4.08. The van der Waals surface area contributed by atoms with Crippen molar-refractivity contribution in [1.29, 1.82) is 0 Å². The van der Waals surface area contributed by atoms with E-state index in [2.05, 4.69) is 0 Å². The van der Waals surface area contributed by atoms with E-state index in [0.29, 0.717) is 22.5 Å². The van der Waals surface area contributed by atoms with Crippen LogP contribution in [0.4, 0.5) is 0 Å². The van der Waals surface area contributed by atoms with Gasteiger partial charge in [-0.05, 0) is 60.2 Å². The topological polar surface area (TPSA) is 57.5 Å². The van der Waals surface area contributed by atoms with Gasteiger partial charge in [-0.25, -0.2) is 12.4 Å². The highest BCUT2D eigenvalue weighted by Crippen LogP contribution is 2.38. The second-order valence-electron chi connectivity index (χ2n) is 7.52. The minimum absolute atomic E-state index is 0.258. The first-order valence-electron chi connectivity index (χ1n) is 9.85. The lowest BCUT2D eigenvalue weighted by atomic mass is 10.1. The van der Waals surface area contributed by atoms with Gasteiger partial charge in [0.15, 0.2) is 11.5 Å². The second-order valence-corrected chi connectivity index (χ2v) is 9.31. The highest BCUT2D eigenvalue weighted by atomic mass is 32.2. The van der Waals surface area contributed by atoms with E-state index < -0.39 is 10.0 Å². The fraction of sp³-hybridized carbons (Fsp3) is 0.120. The lowest BCUT2D eigenvalue weighted by molar-refractivity contribution is 0.356. The molecule has 0 radical (unpaired) electrons. The van der Waals surface area contributed by atoms with Gasteiger partial charge in [0.05, 0.1) is 30.1 Å². The maximum Gasteiger partial charge on any atom is 0.268 e. The van der Waals surface area contributed by atoms with Crippen molar-refractivity contribution in [2.24, 2.45) is 0 Å². The molecule has 6 heteroatoms. The zero-order valence-electron chi connectivity index (χ0n) is 17.4. The molecule has 1 heterocycles. The van der Waals surface area contributed by atoms with E-state index in [1.165, 1.54) is 3.97 Å². The summed E-state index contributed by atoms with van der Waals surface area (Å²) in [6.45, 7) is 1.94. The highest BCUT2D eigenvalue weighted by Gasteiger charge is 2.23. The van der Waals surface area contributed by atoms with Crippen molar-refractivity contribution < 1.29 is 17.9 Å². The molecule has 0 amide bonds. The second kappa shape index (κ2) is 7.03. The Morgan fingerprint density at radius 3 is 1.97 bits per heavy atom. The smallest absolute Gasteiger partial charge is 0.268 e. The van der Waals surface area contributed by atoms with Crippen LogP contribution < -0.4 is 9.47 Å². The normalized spacial score (nSPS) is 12.0. The van der Waals surface area contributed by atoms with E-state index in [-0.39, 0.29) is 4.90 Å². The van der Waals surface area contributed by atoms with Gasteiger partial charge >= 0.3 is 0 Å². The minimum atomic E-state index is -3.80. The number of methoxy groups -OCH3 is 2. The van der Waals surface area contributed by atoms with E-state index in [0.717, 1.165) is 27.1 Å². The van der Waals surface area contributed by atoms with Crippen molar-refractivity contribution in [2.45, 2.75) is 11.8 Å². The Balaban J connectivity index is 1.91. The predicted octanol–water partition coefficient (Wildman–Crippen LogP) is 5.51. The van der Waals surface area contributed by atoms with Gasteiger partial charge in [0.1, 0.15) is 0 Å². The molecule has 0 unspecified atom stereocenters. The fourth-order valence-corrected chi connectivity index (χ4v) is 5.60. The number of hydrogen-bond acceptors (Lipinski definition) is 4. The van der Waals surface area contributed by atoms with Crippen LogP contribution in [0.1, 0.15) is 5.56 Å². The zero-order chi connectivity index (χ0) is 21.8. The number of aryl methyl sites for hydroxylation is 1. The van der Waals surface area contributed by atoms with Gasteiger partial charge < -0.3 is 9.47 Å². The Labute approximate surface area is 180 Å². The molecule has 0 bridgehead atoms. The Bertz CT molecular complexity index is 1570. The van der Waals surface area contributed by atoms with E-state index in [9.17, 15) is 8.42 Å². The molecule has 0 spiro atoms. The zero-order valence-corrected chi connectivity index (χ0v) is 18.2. The average Bonchev–Trinajstić information content (AvgIpc) is 3.10. The van der Waals surface area contributed by atoms with Gasteiger partial charge in [-0.2, -0.15) is 0 Å². The maximum atomic E-state index is 13.7. The van der Waals surface area contributed by atoms with Crippen molar-refractivity contribution in [2.75, 3.05) is 14.2 Å². The van der Waals surface area contributed by atoms with Crippen LogP contribution >= 0.6 is 0 Å². The van der Waals surface area contributed by atoms with Crippen molar-refractivity contribution in [3.8, 4) is 11.5 Å². The largest absolute Gasteiger partial charge is 0.493 e. The van der Waals surface area contributed by atoms with Gasteiger partial charge in [0, 0.05) is 10.8 Å². The van der Waals surface area contributed by atoms with Crippen molar-refractivity contribution >= 4 is 42.6 Å². The Morgan fingerprint density at radius 1 is 0.710 bits per heavy atom. The minimum Gasteiger partial charge on any atom is -0.493 e. The predicted molar refractivity (Wildman–Crippen MR) is 124 cm³/mol. The number of fused-ring (bicyclic) bond motifs is 4. The lowest BCUT2D eigenvalue weighted by Crippen LogP contribution is -2.12. The molecule has 4 aromatic carbocycles. The summed E-state index contributed by atoms with van der Waals surface area (Å²) in [6.07, 6.45) is 0. The van der Waals surface area contributed by atoms with E-state index in [4.69, 9.17) is 9.47 Å². The van der Waals surface area contributed by atoms with E-state index >= 15 is 0 Å². The molecule has 5 aromatic rings. The van der Waals surface area contributed by atoms with Crippen LogP contribution in [-0.4, -0.2) is 26.6 Å². The van der Waals surface area contributed by atoms with Crippen LogP contribution in [0.25, 0.3) is 32.6 Å². The Kier molecular flexibility index (Phi) is 4.41. The monoisotopic (exact) mass is 431 g/mol. The summed E-state index contributed by atoms with van der Waals surface area (Å²) in [5.41, 5.74) is 2.28. The molecule has 0 saturated carbocycles. The van der Waals surface area contributed by atoms with Crippen LogP contribution in [0.2, 0.25) is 0 Å². The third kappa shape index (κ3) is 2.94. The third-order valence-electron chi connectivity index (χ3n) is 5.65. The quantitative estimate of drug-likeness (QED) is 0.376. The maximum absolute atomic E-state index is 13.7. The van der Waals surface area contributed by atoms with Crippen LogP contribution in [-0.2, 0) is 10.0 Å². The van der Waals surface area contributed by atoms with Gasteiger partial charge in [-0.3, -0.25) is 0 Å². The molecule has 1 aromatic heterocycles. The first kappa shape index (κ1) is 19.5. The number of benzene rings is 4. The number of ether oxygens (including phenoxy) is 2. The first-order valence-corrected chi connectivity index (χ1v) is 11.3. The molecule has 0 N–H and O–H groups in total. The molecule has 5 nitrogen and oxygen atoms in total. The van der Waals surface area contributed by atoms with Crippen LogP contribution in [0.15, 0.2) is 77.7 Å². The molecule has 31 heavy (non-hydrogen) atoms. The molecule has 0 fully saturated rings. The summed E-state index contributed by atoms with van der Waals surface area (Å²) in [5.74, 6) is 1.23. The van der Waals surface area contributed by atoms with Crippen LogP contribution in [0.5, 0.6) is 11.5 Å². The lowest BCUT2D eigenvalue weighted by Gasteiger charge is -2.11. The third-order valence-corrected chi connectivity index (χ3v) is 7.39. The number of nitrogens with zero attached hydrogens (tertiary/aromatic N) is 1. The van der Waals surface area contributed by atoms with Crippen LogP contribution in [0.3, 0.4) is 0 Å².